The van der Waals surface area contributed by atoms with Gasteiger partial charge in [-0.2, -0.15) is 0 Å². The van der Waals surface area contributed by atoms with E-state index < -0.39 is 0 Å². The number of furan rings is 1. The number of carbonyl (C=O) groups excluding carboxylic acids is 1. The van der Waals surface area contributed by atoms with Crippen LogP contribution in [0, 0.1) is 12.8 Å². The van der Waals surface area contributed by atoms with Gasteiger partial charge in [0.05, 0.1) is 6.26 Å². The number of aryl methyl sites for hydroxylation is 1. The van der Waals surface area contributed by atoms with Crippen molar-refractivity contribution in [1.29, 1.82) is 0 Å². The first-order valence-electron chi connectivity index (χ1n) is 8.73. The van der Waals surface area contributed by atoms with Crippen molar-refractivity contribution in [3.63, 3.8) is 0 Å². The number of guanidine groups is 1. The maximum atomic E-state index is 11.9. The first-order valence-corrected chi connectivity index (χ1v) is 8.73. The van der Waals surface area contributed by atoms with Crippen LogP contribution >= 0.6 is 24.0 Å². The van der Waals surface area contributed by atoms with E-state index in [9.17, 15) is 4.79 Å². The molecule has 0 aliphatic rings. The summed E-state index contributed by atoms with van der Waals surface area (Å²) in [5.41, 5.74) is 0.852. The van der Waals surface area contributed by atoms with Crippen LogP contribution in [0.3, 0.4) is 0 Å². The van der Waals surface area contributed by atoms with E-state index in [1.165, 1.54) is 12.7 Å². The molecular formula is C18H33IN4O2. The predicted octanol–water partition coefficient (Wildman–Crippen LogP) is 3.32. The number of hydrogen-bond donors (Lipinski definition) is 3. The summed E-state index contributed by atoms with van der Waals surface area (Å²) < 4.78 is 5.17. The Balaban J connectivity index is 0.00000576. The molecule has 0 aliphatic carbocycles. The van der Waals surface area contributed by atoms with Gasteiger partial charge in [0, 0.05) is 31.7 Å². The van der Waals surface area contributed by atoms with Crippen LogP contribution in [0.2, 0.25) is 0 Å². The van der Waals surface area contributed by atoms with Gasteiger partial charge < -0.3 is 20.4 Å². The second kappa shape index (κ2) is 13.0. The van der Waals surface area contributed by atoms with Gasteiger partial charge in [-0.1, -0.05) is 13.8 Å². The monoisotopic (exact) mass is 464 g/mol. The number of nitrogens with zero attached hydrogens (tertiary/aromatic N) is 1. The number of amides is 1. The molecule has 7 heteroatoms. The summed E-state index contributed by atoms with van der Waals surface area (Å²) in [6.07, 6.45) is 4.66. The van der Waals surface area contributed by atoms with Crippen LogP contribution in [0.15, 0.2) is 21.7 Å². The van der Waals surface area contributed by atoms with Gasteiger partial charge in [-0.3, -0.25) is 9.79 Å². The minimum atomic E-state index is -0.165. The van der Waals surface area contributed by atoms with Gasteiger partial charge in [0.2, 0.25) is 0 Å². The summed E-state index contributed by atoms with van der Waals surface area (Å²) in [6, 6.07) is 2.17. The molecule has 1 aromatic rings. The van der Waals surface area contributed by atoms with Crippen molar-refractivity contribution in [1.82, 2.24) is 16.0 Å². The number of nitrogens with one attached hydrogen (secondary N) is 3. The molecule has 144 valence electrons. The smallest absolute Gasteiger partial charge is 0.287 e. The molecule has 1 unspecified atom stereocenters. The first kappa shape index (κ1) is 23.8. The van der Waals surface area contributed by atoms with Gasteiger partial charge in [-0.15, -0.1) is 24.0 Å². The molecule has 0 bridgehead atoms. The van der Waals surface area contributed by atoms with E-state index in [1.807, 2.05) is 6.92 Å². The van der Waals surface area contributed by atoms with Crippen molar-refractivity contribution in [2.45, 2.75) is 53.0 Å². The second-order valence-corrected chi connectivity index (χ2v) is 6.56. The molecule has 0 aromatic carbocycles. The zero-order valence-corrected chi connectivity index (χ0v) is 18.3. The van der Waals surface area contributed by atoms with E-state index >= 15 is 0 Å². The van der Waals surface area contributed by atoms with Crippen molar-refractivity contribution in [3.05, 3.63) is 23.7 Å². The van der Waals surface area contributed by atoms with E-state index in [-0.39, 0.29) is 29.9 Å². The lowest BCUT2D eigenvalue weighted by Gasteiger charge is -2.18. The second-order valence-electron chi connectivity index (χ2n) is 6.56. The fourth-order valence-corrected chi connectivity index (χ4v) is 2.27. The van der Waals surface area contributed by atoms with Gasteiger partial charge in [0.15, 0.2) is 11.7 Å². The number of hydrogen-bond acceptors (Lipinski definition) is 3. The van der Waals surface area contributed by atoms with Crippen LogP contribution in [-0.2, 0) is 0 Å². The van der Waals surface area contributed by atoms with Crippen molar-refractivity contribution < 1.29 is 9.21 Å². The summed E-state index contributed by atoms with van der Waals surface area (Å²) in [4.78, 5) is 16.1. The molecule has 0 aliphatic heterocycles. The molecule has 1 aromatic heterocycles. The summed E-state index contributed by atoms with van der Waals surface area (Å²) in [5.74, 6) is 1.74. The Labute approximate surface area is 168 Å². The van der Waals surface area contributed by atoms with Gasteiger partial charge in [-0.05, 0) is 45.1 Å². The lowest BCUT2D eigenvalue weighted by atomic mass is 10.0. The third-order valence-corrected chi connectivity index (χ3v) is 3.78. The Morgan fingerprint density at radius 3 is 2.44 bits per heavy atom. The largest absolute Gasteiger partial charge is 0.459 e. The molecule has 0 saturated heterocycles. The lowest BCUT2D eigenvalue weighted by molar-refractivity contribution is 0.0925. The van der Waals surface area contributed by atoms with Crippen molar-refractivity contribution in [2.24, 2.45) is 10.9 Å². The Morgan fingerprint density at radius 2 is 1.88 bits per heavy atom. The zero-order valence-electron chi connectivity index (χ0n) is 16.0. The fraction of sp³-hybridized carbons (Fsp3) is 0.667. The Kier molecular flexibility index (Phi) is 12.4. The number of rotatable bonds is 9. The Bertz CT molecular complexity index is 529. The highest BCUT2D eigenvalue weighted by Gasteiger charge is 2.11. The maximum Gasteiger partial charge on any atom is 0.287 e. The average molecular weight is 464 g/mol. The van der Waals surface area contributed by atoms with Gasteiger partial charge in [-0.25, -0.2) is 0 Å². The van der Waals surface area contributed by atoms with Crippen molar-refractivity contribution in [3.8, 4) is 0 Å². The molecule has 0 radical (unpaired) electrons. The average Bonchev–Trinajstić information content (AvgIpc) is 2.97. The van der Waals surface area contributed by atoms with Crippen LogP contribution in [0.4, 0.5) is 0 Å². The standard InChI is InChI=1S/C18H32N4O2.HI/c1-13(2)7-8-15(4)22-18(19-5)21-11-6-10-20-17(23)16-14(3)9-12-24-16;/h9,12-13,15H,6-8,10-11H2,1-5H3,(H,20,23)(H2,19,21,22);1H. The maximum absolute atomic E-state index is 11.9. The Morgan fingerprint density at radius 1 is 1.20 bits per heavy atom. The number of carbonyl (C=O) groups is 1. The fourth-order valence-electron chi connectivity index (χ4n) is 2.27. The van der Waals surface area contributed by atoms with Crippen LogP contribution in [0.1, 0.15) is 56.2 Å². The summed E-state index contributed by atoms with van der Waals surface area (Å²) >= 11 is 0. The molecule has 6 nitrogen and oxygen atoms in total. The highest BCUT2D eigenvalue weighted by molar-refractivity contribution is 14.0. The van der Waals surface area contributed by atoms with Crippen LogP contribution in [0.25, 0.3) is 0 Å². The van der Waals surface area contributed by atoms with Gasteiger partial charge in [0.25, 0.3) is 5.91 Å². The molecule has 0 saturated carbocycles. The predicted molar refractivity (Wildman–Crippen MR) is 114 cm³/mol. The molecule has 1 heterocycles. The highest BCUT2D eigenvalue weighted by atomic mass is 127. The highest BCUT2D eigenvalue weighted by Crippen LogP contribution is 2.08. The minimum Gasteiger partial charge on any atom is -0.459 e. The van der Waals surface area contributed by atoms with E-state index in [4.69, 9.17) is 4.42 Å². The molecule has 1 rings (SSSR count). The van der Waals surface area contributed by atoms with Gasteiger partial charge >= 0.3 is 0 Å². The van der Waals surface area contributed by atoms with E-state index in [1.54, 1.807) is 13.1 Å². The lowest BCUT2D eigenvalue weighted by Crippen LogP contribution is -2.43. The van der Waals surface area contributed by atoms with E-state index in [2.05, 4.69) is 41.7 Å². The molecule has 0 fully saturated rings. The zero-order chi connectivity index (χ0) is 17.9. The van der Waals surface area contributed by atoms with Crippen LogP contribution in [0.5, 0.6) is 0 Å². The topological polar surface area (TPSA) is 78.7 Å². The van der Waals surface area contributed by atoms with Gasteiger partial charge in [0.1, 0.15) is 0 Å². The first-order chi connectivity index (χ1) is 11.4. The quantitative estimate of drug-likeness (QED) is 0.227. The number of aliphatic imine (C=N–C) groups is 1. The SMILES string of the molecule is CN=C(NCCCNC(=O)c1occc1C)NC(C)CCC(C)C.I. The van der Waals surface area contributed by atoms with E-state index in [0.29, 0.717) is 24.3 Å². The third-order valence-electron chi connectivity index (χ3n) is 3.78. The number of halogens is 1. The Hall–Kier alpha value is -1.25. The minimum absolute atomic E-state index is 0. The van der Waals surface area contributed by atoms with Crippen molar-refractivity contribution in [2.75, 3.05) is 20.1 Å². The van der Waals surface area contributed by atoms with Crippen LogP contribution < -0.4 is 16.0 Å². The molecular weight excluding hydrogens is 431 g/mol. The van der Waals surface area contributed by atoms with Crippen LogP contribution in [-0.4, -0.2) is 38.0 Å². The third kappa shape index (κ3) is 9.72. The molecule has 3 N–H and O–H groups in total. The summed E-state index contributed by atoms with van der Waals surface area (Å²) in [7, 11) is 1.77. The normalized spacial score (nSPS) is 12.5. The molecule has 25 heavy (non-hydrogen) atoms. The van der Waals surface area contributed by atoms with E-state index in [0.717, 1.165) is 30.9 Å². The van der Waals surface area contributed by atoms with Crippen molar-refractivity contribution >= 4 is 35.8 Å². The summed E-state index contributed by atoms with van der Waals surface area (Å²) in [5, 5.41) is 9.52. The summed E-state index contributed by atoms with van der Waals surface area (Å²) in [6.45, 7) is 9.83. The molecule has 1 amide bonds. The molecule has 1 atom stereocenters. The molecule has 0 spiro atoms.